The van der Waals surface area contributed by atoms with Gasteiger partial charge in [0.25, 0.3) is 0 Å². The van der Waals surface area contributed by atoms with Crippen molar-refractivity contribution < 1.29 is 14.6 Å². The maximum Gasteiger partial charge on any atom is 0.354 e. The van der Waals surface area contributed by atoms with Gasteiger partial charge in [-0.3, -0.25) is 0 Å². The lowest BCUT2D eigenvalue weighted by molar-refractivity contribution is 0.0673. The van der Waals surface area contributed by atoms with E-state index in [2.05, 4.69) is 25.8 Å². The van der Waals surface area contributed by atoms with E-state index in [-0.39, 0.29) is 11.1 Å². The fraction of sp³-hybridized carbons (Fsp3) is 0.538. The van der Waals surface area contributed by atoms with Crippen LogP contribution in [0.4, 0.5) is 0 Å². The van der Waals surface area contributed by atoms with E-state index in [1.165, 1.54) is 6.20 Å². The largest absolute Gasteiger partial charge is 0.477 e. The molecule has 1 aromatic rings. The molecule has 0 aliphatic rings. The van der Waals surface area contributed by atoms with Crippen LogP contribution in [0.3, 0.4) is 0 Å². The van der Waals surface area contributed by atoms with Crippen molar-refractivity contribution in [2.24, 2.45) is 5.41 Å². The van der Waals surface area contributed by atoms with Gasteiger partial charge in [-0.05, 0) is 17.9 Å². The minimum Gasteiger partial charge on any atom is -0.477 e. The smallest absolute Gasteiger partial charge is 0.354 e. The molecule has 0 atom stereocenters. The van der Waals surface area contributed by atoms with Crippen LogP contribution < -0.4 is 0 Å². The topological polar surface area (TPSA) is 59.4 Å². The third kappa shape index (κ3) is 4.95. The third-order valence-electron chi connectivity index (χ3n) is 2.35. The molecule has 0 fully saturated rings. The Morgan fingerprint density at radius 3 is 2.76 bits per heavy atom. The zero-order valence-corrected chi connectivity index (χ0v) is 10.6. The fourth-order valence-corrected chi connectivity index (χ4v) is 1.31. The Hall–Kier alpha value is -1.42. The number of hydrogen-bond donors (Lipinski definition) is 1. The van der Waals surface area contributed by atoms with E-state index in [0.717, 1.165) is 6.42 Å². The second-order valence-electron chi connectivity index (χ2n) is 5.18. The van der Waals surface area contributed by atoms with E-state index in [1.807, 2.05) is 0 Å². The number of carboxylic acid groups (broad SMARTS) is 1. The van der Waals surface area contributed by atoms with Gasteiger partial charge in [0.05, 0.1) is 6.61 Å². The van der Waals surface area contributed by atoms with Gasteiger partial charge < -0.3 is 9.84 Å². The van der Waals surface area contributed by atoms with Crippen molar-refractivity contribution in [1.29, 1.82) is 0 Å². The predicted molar refractivity (Wildman–Crippen MR) is 64.9 cm³/mol. The summed E-state index contributed by atoms with van der Waals surface area (Å²) >= 11 is 0. The second kappa shape index (κ2) is 5.77. The second-order valence-corrected chi connectivity index (χ2v) is 5.18. The Labute approximate surface area is 102 Å². The number of rotatable bonds is 5. The molecule has 0 saturated carbocycles. The quantitative estimate of drug-likeness (QED) is 0.800. The number of pyridine rings is 1. The van der Waals surface area contributed by atoms with Gasteiger partial charge in [-0.1, -0.05) is 26.8 Å². The van der Waals surface area contributed by atoms with Crippen molar-refractivity contribution in [3.8, 4) is 0 Å². The minimum absolute atomic E-state index is 0.0725. The molecule has 0 aromatic carbocycles. The van der Waals surface area contributed by atoms with E-state index < -0.39 is 5.97 Å². The first kappa shape index (κ1) is 13.6. The SMILES string of the molecule is CC(C)(C)CCOCc1cccnc1C(=O)O. The van der Waals surface area contributed by atoms with Crippen LogP contribution in [-0.4, -0.2) is 22.7 Å². The van der Waals surface area contributed by atoms with Gasteiger partial charge in [-0.15, -0.1) is 0 Å². The molecule has 0 amide bonds. The lowest BCUT2D eigenvalue weighted by atomic mass is 9.93. The van der Waals surface area contributed by atoms with Crippen LogP contribution in [0.5, 0.6) is 0 Å². The van der Waals surface area contributed by atoms with E-state index >= 15 is 0 Å². The first-order valence-corrected chi connectivity index (χ1v) is 5.65. The average molecular weight is 237 g/mol. The van der Waals surface area contributed by atoms with Crippen molar-refractivity contribution in [3.63, 3.8) is 0 Å². The van der Waals surface area contributed by atoms with Gasteiger partial charge >= 0.3 is 5.97 Å². The summed E-state index contributed by atoms with van der Waals surface area (Å²) in [7, 11) is 0. The number of carbonyl (C=O) groups is 1. The number of carboxylic acids is 1. The van der Waals surface area contributed by atoms with Crippen LogP contribution in [0.2, 0.25) is 0 Å². The van der Waals surface area contributed by atoms with E-state index in [4.69, 9.17) is 9.84 Å². The minimum atomic E-state index is -1.01. The molecule has 4 heteroatoms. The first-order chi connectivity index (χ1) is 7.90. The molecule has 1 rings (SSSR count). The monoisotopic (exact) mass is 237 g/mol. The summed E-state index contributed by atoms with van der Waals surface area (Å²) in [6.07, 6.45) is 2.41. The maximum atomic E-state index is 10.9. The fourth-order valence-electron chi connectivity index (χ4n) is 1.31. The van der Waals surface area contributed by atoms with Crippen LogP contribution in [0, 0.1) is 5.41 Å². The van der Waals surface area contributed by atoms with Crippen LogP contribution in [0.1, 0.15) is 43.2 Å². The van der Waals surface area contributed by atoms with Gasteiger partial charge in [0.15, 0.2) is 5.69 Å². The summed E-state index contributed by atoms with van der Waals surface area (Å²) in [4.78, 5) is 14.7. The van der Waals surface area contributed by atoms with Crippen LogP contribution >= 0.6 is 0 Å². The lowest BCUT2D eigenvalue weighted by Crippen LogP contribution is -2.11. The average Bonchev–Trinajstić information content (AvgIpc) is 2.23. The Bertz CT molecular complexity index is 382. The number of aromatic carboxylic acids is 1. The molecule has 0 bridgehead atoms. The highest BCUT2D eigenvalue weighted by Crippen LogP contribution is 2.18. The Kier molecular flexibility index (Phi) is 4.63. The van der Waals surface area contributed by atoms with Gasteiger partial charge in [0, 0.05) is 18.4 Å². The Morgan fingerprint density at radius 1 is 1.47 bits per heavy atom. The number of hydrogen-bond acceptors (Lipinski definition) is 3. The van der Waals surface area contributed by atoms with Crippen molar-refractivity contribution in [1.82, 2.24) is 4.98 Å². The van der Waals surface area contributed by atoms with E-state index in [1.54, 1.807) is 12.1 Å². The van der Waals surface area contributed by atoms with Gasteiger partial charge in [-0.2, -0.15) is 0 Å². The van der Waals surface area contributed by atoms with Gasteiger partial charge in [0.1, 0.15) is 0 Å². The molecule has 4 nitrogen and oxygen atoms in total. The van der Waals surface area contributed by atoms with Gasteiger partial charge in [-0.25, -0.2) is 9.78 Å². The highest BCUT2D eigenvalue weighted by atomic mass is 16.5. The molecule has 0 radical (unpaired) electrons. The molecular formula is C13H19NO3. The zero-order chi connectivity index (χ0) is 12.9. The molecule has 0 aliphatic carbocycles. The molecule has 1 aromatic heterocycles. The van der Waals surface area contributed by atoms with Crippen molar-refractivity contribution in [2.45, 2.75) is 33.8 Å². The molecule has 0 saturated heterocycles. The van der Waals surface area contributed by atoms with Crippen LogP contribution in [0.15, 0.2) is 18.3 Å². The summed E-state index contributed by atoms with van der Waals surface area (Å²) in [5, 5.41) is 8.93. The lowest BCUT2D eigenvalue weighted by Gasteiger charge is -2.17. The van der Waals surface area contributed by atoms with Gasteiger partial charge in [0.2, 0.25) is 0 Å². The number of aromatic nitrogens is 1. The van der Waals surface area contributed by atoms with Crippen molar-refractivity contribution in [2.75, 3.05) is 6.61 Å². The summed E-state index contributed by atoms with van der Waals surface area (Å²) in [6.45, 7) is 7.35. The molecule has 0 unspecified atom stereocenters. The standard InChI is InChI=1S/C13H19NO3/c1-13(2,3)6-8-17-9-10-5-4-7-14-11(10)12(15)16/h4-5,7H,6,8-9H2,1-3H3,(H,15,16). The first-order valence-electron chi connectivity index (χ1n) is 5.65. The van der Waals surface area contributed by atoms with Crippen molar-refractivity contribution >= 4 is 5.97 Å². The van der Waals surface area contributed by atoms with Crippen LogP contribution in [-0.2, 0) is 11.3 Å². The van der Waals surface area contributed by atoms with Crippen LogP contribution in [0.25, 0.3) is 0 Å². The number of nitrogens with zero attached hydrogens (tertiary/aromatic N) is 1. The summed E-state index contributed by atoms with van der Waals surface area (Å²) in [5.41, 5.74) is 0.919. The Balaban J connectivity index is 2.49. The summed E-state index contributed by atoms with van der Waals surface area (Å²) < 4.78 is 5.48. The molecular weight excluding hydrogens is 218 g/mol. The summed E-state index contributed by atoms with van der Waals surface area (Å²) in [5.74, 6) is -1.01. The van der Waals surface area contributed by atoms with E-state index in [0.29, 0.717) is 18.8 Å². The maximum absolute atomic E-state index is 10.9. The molecule has 1 N–H and O–H groups in total. The molecule has 17 heavy (non-hydrogen) atoms. The summed E-state index contributed by atoms with van der Waals surface area (Å²) in [6, 6.07) is 3.45. The highest BCUT2D eigenvalue weighted by molar-refractivity contribution is 5.86. The third-order valence-corrected chi connectivity index (χ3v) is 2.35. The molecule has 94 valence electrons. The van der Waals surface area contributed by atoms with E-state index in [9.17, 15) is 4.79 Å². The molecule has 0 spiro atoms. The van der Waals surface area contributed by atoms with Crippen molar-refractivity contribution in [3.05, 3.63) is 29.6 Å². The molecule has 0 aliphatic heterocycles. The molecule has 1 heterocycles. The highest BCUT2D eigenvalue weighted by Gasteiger charge is 2.12. The number of ether oxygens (including phenoxy) is 1. The normalized spacial score (nSPS) is 11.5. The predicted octanol–water partition coefficient (Wildman–Crippen LogP) is 2.73. The Morgan fingerprint density at radius 2 is 2.18 bits per heavy atom. The zero-order valence-electron chi connectivity index (χ0n) is 10.6.